The lowest BCUT2D eigenvalue weighted by Crippen LogP contribution is -2.37. The van der Waals surface area contributed by atoms with Crippen LogP contribution in [-0.2, 0) is 14.3 Å². The van der Waals surface area contributed by atoms with Crippen LogP contribution in [0.15, 0.2) is 0 Å². The lowest BCUT2D eigenvalue weighted by atomic mass is 10.1. The Morgan fingerprint density at radius 3 is 2.52 bits per heavy atom. The van der Waals surface area contributed by atoms with Crippen molar-refractivity contribution in [3.8, 4) is 0 Å². The van der Waals surface area contributed by atoms with Gasteiger partial charge in [0.1, 0.15) is 5.00 Å². The van der Waals surface area contributed by atoms with Crippen molar-refractivity contribution in [2.75, 3.05) is 11.9 Å². The predicted molar refractivity (Wildman–Crippen MR) is 78.6 cm³/mol. The van der Waals surface area contributed by atoms with E-state index in [-0.39, 0.29) is 12.2 Å². The van der Waals surface area contributed by atoms with Gasteiger partial charge < -0.3 is 20.9 Å². The van der Waals surface area contributed by atoms with Gasteiger partial charge in [0.25, 0.3) is 0 Å². The van der Waals surface area contributed by atoms with Crippen molar-refractivity contribution in [2.24, 2.45) is 5.73 Å². The number of anilines is 1. The number of thiophene rings is 1. The molecule has 4 N–H and O–H groups in total. The minimum absolute atomic E-state index is 0.221. The average molecular weight is 314 g/mol. The second-order valence-corrected chi connectivity index (χ2v) is 5.63. The van der Waals surface area contributed by atoms with Crippen LogP contribution in [-0.4, -0.2) is 35.6 Å². The molecule has 0 fully saturated rings. The maximum absolute atomic E-state index is 11.9. The van der Waals surface area contributed by atoms with Crippen LogP contribution in [0.4, 0.5) is 5.00 Å². The van der Waals surface area contributed by atoms with Crippen molar-refractivity contribution in [3.63, 3.8) is 0 Å². The maximum atomic E-state index is 11.9. The molecule has 1 heterocycles. The Kier molecular flexibility index (Phi) is 5.86. The fourth-order valence-electron chi connectivity index (χ4n) is 1.65. The summed E-state index contributed by atoms with van der Waals surface area (Å²) < 4.78 is 4.96. The number of nitrogens with one attached hydrogen (secondary N) is 1. The van der Waals surface area contributed by atoms with Gasteiger partial charge in [-0.15, -0.1) is 11.3 Å². The van der Waals surface area contributed by atoms with E-state index in [4.69, 9.17) is 15.6 Å². The molecule has 0 bridgehead atoms. The first-order chi connectivity index (χ1) is 9.77. The molecule has 0 spiro atoms. The summed E-state index contributed by atoms with van der Waals surface area (Å²) >= 11 is 1.22. The normalized spacial score (nSPS) is 11.8. The van der Waals surface area contributed by atoms with E-state index >= 15 is 0 Å². The summed E-state index contributed by atoms with van der Waals surface area (Å²) in [6, 6.07) is -1.18. The number of hydrogen-bond donors (Lipinski definition) is 3. The van der Waals surface area contributed by atoms with E-state index in [0.29, 0.717) is 5.00 Å². The van der Waals surface area contributed by atoms with E-state index in [2.05, 4.69) is 5.32 Å². The lowest BCUT2D eigenvalue weighted by Gasteiger charge is -2.10. The number of amides is 1. The predicted octanol–water partition coefficient (Wildman–Crippen LogP) is 1.28. The van der Waals surface area contributed by atoms with Crippen LogP contribution in [0.5, 0.6) is 0 Å². The summed E-state index contributed by atoms with van der Waals surface area (Å²) in [4.78, 5) is 35.2. The Balaban J connectivity index is 2.98. The Morgan fingerprint density at radius 1 is 1.38 bits per heavy atom. The van der Waals surface area contributed by atoms with Crippen LogP contribution in [0, 0.1) is 13.8 Å². The molecule has 1 rings (SSSR count). The Morgan fingerprint density at radius 2 is 2.00 bits per heavy atom. The molecule has 0 saturated carbocycles. The minimum Gasteiger partial charge on any atom is -0.481 e. The molecule has 0 aromatic carbocycles. The van der Waals surface area contributed by atoms with E-state index in [1.54, 1.807) is 13.8 Å². The van der Waals surface area contributed by atoms with Gasteiger partial charge >= 0.3 is 11.9 Å². The zero-order valence-electron chi connectivity index (χ0n) is 12.1. The van der Waals surface area contributed by atoms with Gasteiger partial charge in [0, 0.05) is 4.88 Å². The van der Waals surface area contributed by atoms with Crippen molar-refractivity contribution in [2.45, 2.75) is 33.2 Å². The average Bonchev–Trinajstić information content (AvgIpc) is 2.64. The molecule has 0 aliphatic rings. The van der Waals surface area contributed by atoms with Crippen molar-refractivity contribution in [1.82, 2.24) is 0 Å². The molecule has 0 radical (unpaired) electrons. The number of carbonyl (C=O) groups is 3. The fraction of sp³-hybridized carbons (Fsp3) is 0.462. The third-order valence-electron chi connectivity index (χ3n) is 2.83. The van der Waals surface area contributed by atoms with Gasteiger partial charge in [0.15, 0.2) is 0 Å². The second-order valence-electron chi connectivity index (χ2n) is 4.40. The van der Waals surface area contributed by atoms with Gasteiger partial charge in [0.05, 0.1) is 24.6 Å². The number of aryl methyl sites for hydroxylation is 1. The van der Waals surface area contributed by atoms with Gasteiger partial charge in [-0.25, -0.2) is 4.79 Å². The Labute approximate surface area is 126 Å². The molecule has 1 aromatic rings. The lowest BCUT2D eigenvalue weighted by molar-refractivity contribution is -0.138. The van der Waals surface area contributed by atoms with Gasteiger partial charge in [-0.05, 0) is 26.3 Å². The molecule has 1 amide bonds. The largest absolute Gasteiger partial charge is 0.481 e. The van der Waals surface area contributed by atoms with Gasteiger partial charge in [-0.3, -0.25) is 9.59 Å². The Hall–Kier alpha value is -1.93. The first-order valence-electron chi connectivity index (χ1n) is 6.33. The van der Waals surface area contributed by atoms with Gasteiger partial charge in [0.2, 0.25) is 5.91 Å². The summed E-state index contributed by atoms with van der Waals surface area (Å²) in [5, 5.41) is 11.5. The number of ether oxygens (including phenoxy) is 1. The zero-order valence-corrected chi connectivity index (χ0v) is 12.9. The third-order valence-corrected chi connectivity index (χ3v) is 3.96. The summed E-state index contributed by atoms with van der Waals surface area (Å²) in [5.74, 6) is -2.34. The molecule has 0 aliphatic carbocycles. The van der Waals surface area contributed by atoms with E-state index in [0.717, 1.165) is 10.4 Å². The van der Waals surface area contributed by atoms with Crippen LogP contribution in [0.1, 0.15) is 34.1 Å². The molecule has 0 saturated heterocycles. The van der Waals surface area contributed by atoms with E-state index < -0.39 is 30.3 Å². The van der Waals surface area contributed by atoms with Crippen LogP contribution >= 0.6 is 11.3 Å². The molecule has 21 heavy (non-hydrogen) atoms. The smallest absolute Gasteiger partial charge is 0.341 e. The standard InChI is InChI=1S/C13H18N2O5S/c1-4-20-13(19)10-6(2)7(3)21-12(10)15-11(18)8(14)5-9(16)17/h8H,4-5,14H2,1-3H3,(H,15,18)(H,16,17). The number of aliphatic carboxylic acids is 1. The maximum Gasteiger partial charge on any atom is 0.341 e. The summed E-state index contributed by atoms with van der Waals surface area (Å²) in [6.45, 7) is 5.48. The zero-order chi connectivity index (χ0) is 16.2. The monoisotopic (exact) mass is 314 g/mol. The number of carboxylic acids is 1. The van der Waals surface area contributed by atoms with Gasteiger partial charge in [-0.2, -0.15) is 0 Å². The number of hydrogen-bond acceptors (Lipinski definition) is 6. The van der Waals surface area contributed by atoms with Crippen molar-refractivity contribution >= 4 is 34.2 Å². The molecule has 1 unspecified atom stereocenters. The number of rotatable bonds is 6. The molecule has 1 atom stereocenters. The highest BCUT2D eigenvalue weighted by atomic mass is 32.1. The molecule has 1 aromatic heterocycles. The summed E-state index contributed by atoms with van der Waals surface area (Å²) in [5.41, 5.74) is 6.50. The van der Waals surface area contributed by atoms with Crippen LogP contribution in [0.25, 0.3) is 0 Å². The van der Waals surface area contributed by atoms with Crippen molar-refractivity contribution in [1.29, 1.82) is 0 Å². The number of nitrogens with two attached hydrogens (primary N) is 1. The SMILES string of the molecule is CCOC(=O)c1c(NC(=O)C(N)CC(=O)O)sc(C)c1C. The van der Waals surface area contributed by atoms with Gasteiger partial charge in [-0.1, -0.05) is 0 Å². The topological polar surface area (TPSA) is 119 Å². The van der Waals surface area contributed by atoms with Crippen LogP contribution < -0.4 is 11.1 Å². The minimum atomic E-state index is -1.18. The molecule has 116 valence electrons. The van der Waals surface area contributed by atoms with Crippen molar-refractivity contribution < 1.29 is 24.2 Å². The molecule has 8 heteroatoms. The number of carbonyl (C=O) groups excluding carboxylic acids is 2. The van der Waals surface area contributed by atoms with E-state index in [9.17, 15) is 14.4 Å². The summed E-state index contributed by atoms with van der Waals surface area (Å²) in [7, 11) is 0. The van der Waals surface area contributed by atoms with Crippen molar-refractivity contribution in [3.05, 3.63) is 16.0 Å². The van der Waals surface area contributed by atoms with E-state index in [1.165, 1.54) is 11.3 Å². The molecular formula is C13H18N2O5S. The first-order valence-corrected chi connectivity index (χ1v) is 7.14. The van der Waals surface area contributed by atoms with Crippen LogP contribution in [0.2, 0.25) is 0 Å². The number of esters is 1. The van der Waals surface area contributed by atoms with Crippen LogP contribution in [0.3, 0.4) is 0 Å². The second kappa shape index (κ2) is 7.19. The number of carboxylic acid groups (broad SMARTS) is 1. The highest BCUT2D eigenvalue weighted by Gasteiger charge is 2.24. The molecule has 7 nitrogen and oxygen atoms in total. The quantitative estimate of drug-likeness (QED) is 0.681. The third kappa shape index (κ3) is 4.27. The summed E-state index contributed by atoms with van der Waals surface area (Å²) in [6.07, 6.45) is -0.482. The first kappa shape index (κ1) is 17.1. The highest BCUT2D eigenvalue weighted by molar-refractivity contribution is 7.16. The van der Waals surface area contributed by atoms with E-state index in [1.807, 2.05) is 6.92 Å². The fourth-order valence-corrected chi connectivity index (χ4v) is 2.70. The highest BCUT2D eigenvalue weighted by Crippen LogP contribution is 2.33. The molecule has 0 aliphatic heterocycles. The Bertz CT molecular complexity index is 567. The molecular weight excluding hydrogens is 296 g/mol.